The van der Waals surface area contributed by atoms with Crippen LogP contribution in [-0.2, 0) is 13.6 Å². The van der Waals surface area contributed by atoms with Crippen LogP contribution >= 0.6 is 0 Å². The number of tetrazole rings is 1. The van der Waals surface area contributed by atoms with E-state index in [0.29, 0.717) is 18.9 Å². The van der Waals surface area contributed by atoms with Gasteiger partial charge in [0.15, 0.2) is 5.82 Å². The summed E-state index contributed by atoms with van der Waals surface area (Å²) in [6.45, 7) is 1.23. The maximum Gasteiger partial charge on any atom is 0.188 e. The van der Waals surface area contributed by atoms with Gasteiger partial charge in [-0.3, -0.25) is 0 Å². The van der Waals surface area contributed by atoms with Crippen LogP contribution in [0.4, 0.5) is 0 Å². The molecule has 0 radical (unpaired) electrons. The first-order valence-electron chi connectivity index (χ1n) is 3.37. The van der Waals surface area contributed by atoms with Crippen LogP contribution in [0.3, 0.4) is 0 Å². The highest BCUT2D eigenvalue weighted by Crippen LogP contribution is 1.81. The van der Waals surface area contributed by atoms with Crippen LogP contribution in [-0.4, -0.2) is 38.5 Å². The summed E-state index contributed by atoms with van der Waals surface area (Å²) in [5.41, 5.74) is 0. The number of aromatic nitrogens is 4. The first-order valence-corrected chi connectivity index (χ1v) is 3.37. The van der Waals surface area contributed by atoms with Crippen molar-refractivity contribution in [1.82, 2.24) is 25.5 Å². The first-order chi connectivity index (χ1) is 5.33. The number of nitrogens with zero attached hydrogens (tertiary/aromatic N) is 4. The molecule has 0 amide bonds. The van der Waals surface area contributed by atoms with Gasteiger partial charge in [-0.15, -0.1) is 10.2 Å². The zero-order valence-electron chi connectivity index (χ0n) is 6.36. The number of aliphatic hydroxyl groups excluding tert-OH is 1. The Kier molecular flexibility index (Phi) is 2.94. The molecule has 1 rings (SSSR count). The summed E-state index contributed by atoms with van der Waals surface area (Å²) in [5.74, 6) is 0.640. The fourth-order valence-corrected chi connectivity index (χ4v) is 0.673. The summed E-state index contributed by atoms with van der Waals surface area (Å²) in [6.07, 6.45) is 0. The Morgan fingerprint density at radius 2 is 2.45 bits per heavy atom. The average Bonchev–Trinajstić information content (AvgIpc) is 2.37. The standard InChI is InChI=1S/C5H11N5O/c1-10-8-5(7-9-10)4-6-2-3-11/h6,11H,2-4H2,1H3. The molecular formula is C5H11N5O. The molecule has 11 heavy (non-hydrogen) atoms. The van der Waals surface area contributed by atoms with Crippen LogP contribution < -0.4 is 5.32 Å². The van der Waals surface area contributed by atoms with Crippen LogP contribution in [0, 0.1) is 0 Å². The van der Waals surface area contributed by atoms with Gasteiger partial charge in [-0.25, -0.2) is 0 Å². The normalized spacial score (nSPS) is 10.4. The van der Waals surface area contributed by atoms with E-state index in [9.17, 15) is 0 Å². The van der Waals surface area contributed by atoms with Gasteiger partial charge < -0.3 is 10.4 Å². The summed E-state index contributed by atoms with van der Waals surface area (Å²) < 4.78 is 0. The van der Waals surface area contributed by atoms with Crippen LogP contribution in [0.15, 0.2) is 0 Å². The van der Waals surface area contributed by atoms with Crippen LogP contribution in [0.25, 0.3) is 0 Å². The fourth-order valence-electron chi connectivity index (χ4n) is 0.673. The van der Waals surface area contributed by atoms with E-state index in [1.54, 1.807) is 7.05 Å². The molecule has 0 unspecified atom stereocenters. The van der Waals surface area contributed by atoms with E-state index >= 15 is 0 Å². The maximum absolute atomic E-state index is 8.43. The Bertz CT molecular complexity index is 210. The third kappa shape index (κ3) is 2.60. The van der Waals surface area contributed by atoms with Gasteiger partial charge in [-0.05, 0) is 5.21 Å². The minimum Gasteiger partial charge on any atom is -0.395 e. The SMILES string of the molecule is Cn1nnc(CNCCO)n1. The smallest absolute Gasteiger partial charge is 0.188 e. The van der Waals surface area contributed by atoms with Crippen molar-refractivity contribution >= 4 is 0 Å². The predicted octanol–water partition coefficient (Wildman–Crippen LogP) is -1.71. The van der Waals surface area contributed by atoms with Gasteiger partial charge in [0.2, 0.25) is 0 Å². The molecule has 1 aromatic rings. The predicted molar refractivity (Wildman–Crippen MR) is 37.6 cm³/mol. The molecule has 1 aromatic heterocycles. The van der Waals surface area contributed by atoms with Gasteiger partial charge >= 0.3 is 0 Å². The Hall–Kier alpha value is -1.01. The lowest BCUT2D eigenvalue weighted by Crippen LogP contribution is -2.18. The Morgan fingerprint density at radius 3 is 3.00 bits per heavy atom. The van der Waals surface area contributed by atoms with Gasteiger partial charge in [0.1, 0.15) is 0 Å². The van der Waals surface area contributed by atoms with Gasteiger partial charge in [0, 0.05) is 6.54 Å². The number of rotatable bonds is 4. The summed E-state index contributed by atoms with van der Waals surface area (Å²) in [6, 6.07) is 0. The highest BCUT2D eigenvalue weighted by atomic mass is 16.3. The van der Waals surface area contributed by atoms with E-state index in [2.05, 4.69) is 20.7 Å². The van der Waals surface area contributed by atoms with Gasteiger partial charge in [-0.1, -0.05) is 0 Å². The Balaban J connectivity index is 2.27. The average molecular weight is 157 g/mol. The monoisotopic (exact) mass is 157 g/mol. The number of hydrogen-bond donors (Lipinski definition) is 2. The van der Waals surface area contributed by atoms with Crippen LogP contribution in [0.2, 0.25) is 0 Å². The van der Waals surface area contributed by atoms with Crippen molar-refractivity contribution in [2.45, 2.75) is 6.54 Å². The van der Waals surface area contributed by atoms with Crippen molar-refractivity contribution in [3.8, 4) is 0 Å². The zero-order valence-corrected chi connectivity index (χ0v) is 6.36. The van der Waals surface area contributed by atoms with Gasteiger partial charge in [0.25, 0.3) is 0 Å². The van der Waals surface area contributed by atoms with E-state index in [1.165, 1.54) is 4.80 Å². The van der Waals surface area contributed by atoms with E-state index < -0.39 is 0 Å². The van der Waals surface area contributed by atoms with Gasteiger partial charge in [-0.2, -0.15) is 4.80 Å². The van der Waals surface area contributed by atoms with Crippen molar-refractivity contribution in [2.24, 2.45) is 7.05 Å². The van der Waals surface area contributed by atoms with E-state index in [0.717, 1.165) is 0 Å². The molecule has 0 aliphatic heterocycles. The number of aryl methyl sites for hydroxylation is 1. The van der Waals surface area contributed by atoms with E-state index in [1.807, 2.05) is 0 Å². The summed E-state index contributed by atoms with van der Waals surface area (Å²) in [7, 11) is 1.71. The maximum atomic E-state index is 8.43. The minimum absolute atomic E-state index is 0.125. The second kappa shape index (κ2) is 3.99. The van der Waals surface area contributed by atoms with Gasteiger partial charge in [0.05, 0.1) is 20.2 Å². The lowest BCUT2D eigenvalue weighted by molar-refractivity contribution is 0.291. The van der Waals surface area contributed by atoms with Crippen molar-refractivity contribution in [2.75, 3.05) is 13.2 Å². The molecule has 1 heterocycles. The largest absolute Gasteiger partial charge is 0.395 e. The molecule has 0 fully saturated rings. The third-order valence-corrected chi connectivity index (χ3v) is 1.12. The lowest BCUT2D eigenvalue weighted by atomic mass is 10.6. The first kappa shape index (κ1) is 8.09. The molecule has 0 saturated carbocycles. The molecule has 0 aromatic carbocycles. The Morgan fingerprint density at radius 1 is 1.64 bits per heavy atom. The molecule has 6 heteroatoms. The fraction of sp³-hybridized carbons (Fsp3) is 0.800. The number of nitrogens with one attached hydrogen (secondary N) is 1. The molecule has 0 bridgehead atoms. The van der Waals surface area contributed by atoms with E-state index in [-0.39, 0.29) is 6.61 Å². The van der Waals surface area contributed by atoms with Crippen molar-refractivity contribution in [3.05, 3.63) is 5.82 Å². The number of aliphatic hydroxyl groups is 1. The molecular weight excluding hydrogens is 146 g/mol. The third-order valence-electron chi connectivity index (χ3n) is 1.12. The van der Waals surface area contributed by atoms with Crippen molar-refractivity contribution < 1.29 is 5.11 Å². The molecule has 6 nitrogen and oxygen atoms in total. The molecule has 0 aliphatic carbocycles. The second-order valence-corrected chi connectivity index (χ2v) is 2.10. The zero-order chi connectivity index (χ0) is 8.10. The molecule has 0 spiro atoms. The van der Waals surface area contributed by atoms with Crippen LogP contribution in [0.1, 0.15) is 5.82 Å². The molecule has 0 saturated heterocycles. The molecule has 62 valence electrons. The summed E-state index contributed by atoms with van der Waals surface area (Å²) in [4.78, 5) is 1.40. The van der Waals surface area contributed by atoms with Crippen molar-refractivity contribution in [3.63, 3.8) is 0 Å². The van der Waals surface area contributed by atoms with Crippen LogP contribution in [0.5, 0.6) is 0 Å². The Labute approximate surface area is 64.2 Å². The summed E-state index contributed by atoms with van der Waals surface area (Å²) >= 11 is 0. The summed E-state index contributed by atoms with van der Waals surface area (Å²) in [5, 5.41) is 22.7. The highest BCUT2D eigenvalue weighted by Gasteiger charge is 1.97. The molecule has 0 aliphatic rings. The molecule has 2 N–H and O–H groups in total. The second-order valence-electron chi connectivity index (χ2n) is 2.10. The quantitative estimate of drug-likeness (QED) is 0.509. The highest BCUT2D eigenvalue weighted by molar-refractivity contribution is 4.74. The van der Waals surface area contributed by atoms with Crippen molar-refractivity contribution in [1.29, 1.82) is 0 Å². The lowest BCUT2D eigenvalue weighted by Gasteiger charge is -1.95. The number of hydrogen-bond acceptors (Lipinski definition) is 5. The minimum atomic E-state index is 0.125. The topological polar surface area (TPSA) is 75.9 Å². The molecule has 0 atom stereocenters. The van der Waals surface area contributed by atoms with E-state index in [4.69, 9.17) is 5.11 Å².